The molecule has 0 spiro atoms. The zero-order chi connectivity index (χ0) is 27.8. The number of nitriles is 9. The van der Waals surface area contributed by atoms with Gasteiger partial charge in [-0.05, 0) is 41.5 Å². The topological polar surface area (TPSA) is 214 Å². The van der Waals surface area contributed by atoms with Gasteiger partial charge in [0.25, 0.3) is 0 Å². The Balaban J connectivity index is 2.62. The second-order valence-electron chi connectivity index (χ2n) is 7.37. The fourth-order valence-electron chi connectivity index (χ4n) is 3.78. The third-order valence-corrected chi connectivity index (χ3v) is 5.51. The molecule has 0 heterocycles. The summed E-state index contributed by atoms with van der Waals surface area (Å²) in [5, 5.41) is 86.8. The van der Waals surface area contributed by atoms with Crippen molar-refractivity contribution in [3.63, 3.8) is 0 Å². The summed E-state index contributed by atoms with van der Waals surface area (Å²) in [6.45, 7) is 0. The quantitative estimate of drug-likeness (QED) is 0.523. The van der Waals surface area contributed by atoms with Crippen molar-refractivity contribution in [1.29, 1.82) is 47.4 Å². The van der Waals surface area contributed by atoms with Crippen LogP contribution in [-0.2, 0) is 0 Å². The van der Waals surface area contributed by atoms with Crippen molar-refractivity contribution in [1.82, 2.24) is 0 Å². The van der Waals surface area contributed by atoms with Crippen LogP contribution in [0.25, 0.3) is 11.1 Å². The van der Waals surface area contributed by atoms with Crippen LogP contribution in [0.4, 0.5) is 0 Å². The molecule has 3 aromatic rings. The Kier molecular flexibility index (Phi) is 7.24. The zero-order valence-electron chi connectivity index (χ0n) is 19.1. The highest BCUT2D eigenvalue weighted by Gasteiger charge is 2.19. The Morgan fingerprint density at radius 3 is 1.26 bits per heavy atom. The lowest BCUT2D eigenvalue weighted by molar-refractivity contribution is 1.32. The molecule has 9 nitrogen and oxygen atoms in total. The highest BCUT2D eigenvalue weighted by molar-refractivity contribution is 5.83. The summed E-state index contributed by atoms with van der Waals surface area (Å²) < 4.78 is 0. The van der Waals surface area contributed by atoms with E-state index < -0.39 is 0 Å². The molecule has 0 amide bonds. The molecule has 3 rings (SSSR count). The van der Waals surface area contributed by atoms with Gasteiger partial charge >= 0.3 is 0 Å². The molecule has 0 aliphatic carbocycles. The zero-order valence-corrected chi connectivity index (χ0v) is 19.1. The van der Waals surface area contributed by atoms with Crippen LogP contribution in [0.3, 0.4) is 0 Å². The van der Waals surface area contributed by atoms with E-state index >= 15 is 0 Å². The minimum absolute atomic E-state index is 0.0110. The van der Waals surface area contributed by atoms with E-state index in [1.165, 1.54) is 42.5 Å². The van der Waals surface area contributed by atoms with E-state index in [9.17, 15) is 47.4 Å². The third-order valence-electron chi connectivity index (χ3n) is 5.51. The predicted molar refractivity (Wildman–Crippen MR) is 128 cm³/mol. The van der Waals surface area contributed by atoms with E-state index in [0.717, 1.165) is 0 Å². The van der Waals surface area contributed by atoms with Gasteiger partial charge in [0.1, 0.15) is 48.6 Å². The maximum absolute atomic E-state index is 10.0. The van der Waals surface area contributed by atoms with Gasteiger partial charge in [-0.2, -0.15) is 47.4 Å². The van der Waals surface area contributed by atoms with Gasteiger partial charge in [-0.3, -0.25) is 0 Å². The van der Waals surface area contributed by atoms with Crippen LogP contribution in [0.2, 0.25) is 0 Å². The summed E-state index contributed by atoms with van der Waals surface area (Å²) in [6.07, 6.45) is 0. The lowest BCUT2D eigenvalue weighted by atomic mass is 9.90. The molecule has 0 saturated carbocycles. The first-order valence-electron chi connectivity index (χ1n) is 10.3. The molecule has 9 heteroatoms. The Bertz CT molecular complexity index is 2070. The normalized spacial score (nSPS) is 10.7. The van der Waals surface area contributed by atoms with Gasteiger partial charge in [0.15, 0.2) is 0 Å². The SMILES string of the molecule is N#C/C(c1ccc(C#N)c(C#N)c1)=c1/cc(C#N)/c(=C(/C#N)c2ccc(C#N)c(C#N)c2)c(C#N)c1C#N. The summed E-state index contributed by atoms with van der Waals surface area (Å²) >= 11 is 0. The molecule has 0 radical (unpaired) electrons. The summed E-state index contributed by atoms with van der Waals surface area (Å²) in [5.41, 5.74) is -0.733. The first-order valence-corrected chi connectivity index (χ1v) is 10.3. The average Bonchev–Trinajstić information content (AvgIpc) is 2.97. The highest BCUT2D eigenvalue weighted by atomic mass is 14.3. The molecule has 168 valence electrons. The average molecular weight is 481 g/mol. The second kappa shape index (κ2) is 10.8. The van der Waals surface area contributed by atoms with Crippen molar-refractivity contribution in [2.75, 3.05) is 0 Å². The summed E-state index contributed by atoms with van der Waals surface area (Å²) in [7, 11) is 0. The Hall–Kier alpha value is -7.19. The van der Waals surface area contributed by atoms with Crippen LogP contribution in [0.1, 0.15) is 50.1 Å². The van der Waals surface area contributed by atoms with Crippen LogP contribution in [0.5, 0.6) is 0 Å². The van der Waals surface area contributed by atoms with Gasteiger partial charge in [-0.25, -0.2) is 0 Å². The van der Waals surface area contributed by atoms with Crippen molar-refractivity contribution in [2.24, 2.45) is 0 Å². The van der Waals surface area contributed by atoms with Crippen LogP contribution in [0.15, 0.2) is 42.5 Å². The molecule has 0 fully saturated rings. The van der Waals surface area contributed by atoms with E-state index in [0.29, 0.717) is 0 Å². The van der Waals surface area contributed by atoms with E-state index in [-0.39, 0.29) is 71.7 Å². The molecule has 38 heavy (non-hydrogen) atoms. The number of hydrogen-bond donors (Lipinski definition) is 0. The van der Waals surface area contributed by atoms with Crippen LogP contribution >= 0.6 is 0 Å². The van der Waals surface area contributed by atoms with E-state index in [1.807, 2.05) is 54.6 Å². The molecule has 0 unspecified atom stereocenters. The van der Waals surface area contributed by atoms with Gasteiger partial charge in [0, 0.05) is 10.4 Å². The molecule has 0 atom stereocenters. The maximum Gasteiger partial charge on any atom is 0.101 e. The Labute approximate surface area is 216 Å². The molecular formula is C29H7N9. The molecule has 3 aromatic carbocycles. The molecular weight excluding hydrogens is 474 g/mol. The van der Waals surface area contributed by atoms with Crippen molar-refractivity contribution in [2.45, 2.75) is 0 Å². The Morgan fingerprint density at radius 1 is 0.421 bits per heavy atom. The van der Waals surface area contributed by atoms with Gasteiger partial charge in [-0.15, -0.1) is 0 Å². The van der Waals surface area contributed by atoms with Crippen molar-refractivity contribution in [3.8, 4) is 54.6 Å². The maximum atomic E-state index is 10.0. The van der Waals surface area contributed by atoms with Crippen LogP contribution in [-0.4, -0.2) is 0 Å². The van der Waals surface area contributed by atoms with E-state index in [4.69, 9.17) is 0 Å². The lowest BCUT2D eigenvalue weighted by Gasteiger charge is -2.08. The molecule has 0 aromatic heterocycles. The number of nitrogens with zero attached hydrogens (tertiary/aromatic N) is 9. The summed E-state index contributed by atoms with van der Waals surface area (Å²) in [6, 6.07) is 26.1. The van der Waals surface area contributed by atoms with E-state index in [1.54, 1.807) is 0 Å². The summed E-state index contributed by atoms with van der Waals surface area (Å²) in [4.78, 5) is 0. The lowest BCUT2D eigenvalue weighted by Crippen LogP contribution is -2.26. The van der Waals surface area contributed by atoms with Gasteiger partial charge < -0.3 is 0 Å². The largest absolute Gasteiger partial charge is 0.192 e. The van der Waals surface area contributed by atoms with Crippen LogP contribution in [0, 0.1) is 102 Å². The fourth-order valence-corrected chi connectivity index (χ4v) is 3.78. The van der Waals surface area contributed by atoms with Gasteiger partial charge in [-0.1, -0.05) is 12.1 Å². The molecule has 0 N–H and O–H groups in total. The van der Waals surface area contributed by atoms with Crippen molar-refractivity contribution in [3.05, 3.63) is 103 Å². The first kappa shape index (κ1) is 25.4. The monoisotopic (exact) mass is 481 g/mol. The third kappa shape index (κ3) is 4.20. The fraction of sp³-hybridized carbons (Fsp3) is 0. The highest BCUT2D eigenvalue weighted by Crippen LogP contribution is 2.19. The number of rotatable bonds is 2. The van der Waals surface area contributed by atoms with E-state index in [2.05, 4.69) is 0 Å². The Morgan fingerprint density at radius 2 is 0.868 bits per heavy atom. The molecule has 0 bridgehead atoms. The van der Waals surface area contributed by atoms with Crippen molar-refractivity contribution < 1.29 is 0 Å². The number of hydrogen-bond acceptors (Lipinski definition) is 9. The van der Waals surface area contributed by atoms with Crippen LogP contribution < -0.4 is 10.4 Å². The van der Waals surface area contributed by atoms with Gasteiger partial charge in [0.05, 0.1) is 56.2 Å². The molecule has 0 saturated heterocycles. The minimum Gasteiger partial charge on any atom is -0.192 e. The summed E-state index contributed by atoms with van der Waals surface area (Å²) in [5.74, 6) is 0. The standard InChI is InChI=1S/C29H7N9/c30-8-19-3-1-17(5-21(19)10-32)25(13-35)24-7-23(12-34)29(28(16-38)27(24)15-37)26(14-36)18-2-4-20(9-31)22(6-18)11-33/h1-7H/b25-24+,29-26+. The smallest absolute Gasteiger partial charge is 0.101 e. The molecule has 0 aliphatic heterocycles. The van der Waals surface area contributed by atoms with Gasteiger partial charge in [0.2, 0.25) is 0 Å². The molecule has 0 aliphatic rings. The minimum atomic E-state index is -0.345. The first-order chi connectivity index (χ1) is 18.5. The predicted octanol–water partition coefficient (Wildman–Crippen LogP) is 2.23. The van der Waals surface area contributed by atoms with Crippen molar-refractivity contribution >= 4 is 11.1 Å². The second-order valence-corrected chi connectivity index (χ2v) is 7.37. The number of benzene rings is 3.